The maximum Gasteiger partial charge on any atom is 0.408 e. The van der Waals surface area contributed by atoms with Crippen molar-refractivity contribution in [3.63, 3.8) is 0 Å². The van der Waals surface area contributed by atoms with Gasteiger partial charge in [0.15, 0.2) is 17.3 Å². The molecule has 3 aromatic rings. The number of Topliss-reactive ketones (excluding diaryl/α,β-unsaturated/α-hetero) is 3. The van der Waals surface area contributed by atoms with Gasteiger partial charge in [0.1, 0.15) is 31.0 Å². The molecule has 0 saturated heterocycles. The highest BCUT2D eigenvalue weighted by molar-refractivity contribution is 9.08. The Labute approximate surface area is 461 Å². The van der Waals surface area contributed by atoms with Crippen LogP contribution >= 0.6 is 32.9 Å². The number of carboxylic acids is 3. The number of nitrogens with one attached hydrogen (secondary N) is 2. The summed E-state index contributed by atoms with van der Waals surface area (Å²) in [6.07, 6.45) is -1.47. The number of carbonyl (C=O) groups excluding carboxylic acids is 7. The normalized spacial score (nSPS) is 9.88. The Bertz CT molecular complexity index is 2190. The lowest BCUT2D eigenvalue weighted by molar-refractivity contribution is -0.354. The molecule has 2 amide bonds. The lowest BCUT2D eigenvalue weighted by Crippen LogP contribution is -3.00. The summed E-state index contributed by atoms with van der Waals surface area (Å²) >= 11 is 3.38. The quantitative estimate of drug-likeness (QED) is 0.0517. The van der Waals surface area contributed by atoms with Crippen LogP contribution in [0.25, 0.3) is 0 Å². The summed E-state index contributed by atoms with van der Waals surface area (Å²) in [7, 11) is 0. The monoisotopic (exact) mass is 1240 g/mol. The molecule has 23 heteroatoms. The molecule has 0 bridgehead atoms. The lowest BCUT2D eigenvalue weighted by Gasteiger charge is -2.19. The highest BCUT2D eigenvalue weighted by Gasteiger charge is 2.18. The van der Waals surface area contributed by atoms with Gasteiger partial charge in [0, 0.05) is 31.5 Å². The number of carbonyl (C=O) groups is 10. The Morgan fingerprint density at radius 1 is 0.541 bits per heavy atom. The fourth-order valence-electron chi connectivity index (χ4n) is 4.58. The van der Waals surface area contributed by atoms with Crippen molar-refractivity contribution in [1.82, 2.24) is 10.6 Å². The number of benzene rings is 3. The first-order valence-electron chi connectivity index (χ1n) is 22.4. The highest BCUT2D eigenvalue weighted by Crippen LogP contribution is 2.10. The van der Waals surface area contributed by atoms with Gasteiger partial charge in [-0.05, 0) is 84.2 Å². The van der Waals surface area contributed by atoms with Gasteiger partial charge >= 0.3 is 36.1 Å². The van der Waals surface area contributed by atoms with Crippen molar-refractivity contribution in [2.24, 2.45) is 0 Å². The summed E-state index contributed by atoms with van der Waals surface area (Å²) in [5, 5.41) is 30.0. The number of amides is 2. The third kappa shape index (κ3) is 47.0. The van der Waals surface area contributed by atoms with Gasteiger partial charge in [-0.3, -0.25) is 33.6 Å². The first-order chi connectivity index (χ1) is 33.4. The number of esters is 2. The fourth-order valence-corrected chi connectivity index (χ4v) is 4.95. The summed E-state index contributed by atoms with van der Waals surface area (Å²) in [5.41, 5.74) is 7.75. The number of alkyl carbamates (subject to hydrolysis) is 2. The number of ether oxygens (including phenoxy) is 4. The third-order valence-corrected chi connectivity index (χ3v) is 8.81. The van der Waals surface area contributed by atoms with E-state index >= 15 is 0 Å². The molecular weight excluding hydrogens is 1170 g/mol. The molecule has 0 fully saturated rings. The van der Waals surface area contributed by atoms with E-state index in [0.717, 1.165) is 23.4 Å². The predicted molar refractivity (Wildman–Crippen MR) is 278 cm³/mol. The lowest BCUT2D eigenvalue weighted by atomic mass is 10.1. The third-order valence-electron chi connectivity index (χ3n) is 8.17. The molecule has 8 N–H and O–H groups in total. The van der Waals surface area contributed by atoms with Crippen LogP contribution in [0.4, 0.5) is 9.59 Å². The second-order valence-electron chi connectivity index (χ2n) is 17.4. The van der Waals surface area contributed by atoms with Gasteiger partial charge in [-0.15, -0.1) is 17.0 Å². The SMILES string of the molecule is Br.CC(=O)O.CC(C)(C)OC(=O)NCC(=O)CCC(=O)O.Cc1ccc(CBr)cc1.Cc1ccc(COC(=O)CCC(=O)CNC(=O)OC(C)(C)C)cc1.[Br-].[NH3+]CC(=O)CCC(=O)OCc1ccc(C(=O)O)cc1. The molecule has 3 aromatic carbocycles. The van der Waals surface area contributed by atoms with E-state index in [1.54, 1.807) is 53.7 Å². The number of aryl methyl sites for hydroxylation is 2. The molecule has 0 radical (unpaired) electrons. The molecule has 0 heterocycles. The van der Waals surface area contributed by atoms with E-state index in [9.17, 15) is 43.2 Å². The van der Waals surface area contributed by atoms with Crippen molar-refractivity contribution in [2.45, 2.75) is 131 Å². The molecule has 0 unspecified atom stereocenters. The number of rotatable bonds is 20. The zero-order valence-electron chi connectivity index (χ0n) is 43.3. The topological polar surface area (TPSA) is 320 Å². The van der Waals surface area contributed by atoms with Gasteiger partial charge in [0.25, 0.3) is 5.97 Å². The van der Waals surface area contributed by atoms with Crippen LogP contribution < -0.4 is 33.3 Å². The van der Waals surface area contributed by atoms with Gasteiger partial charge in [0.05, 0.1) is 37.9 Å². The van der Waals surface area contributed by atoms with Crippen LogP contribution in [0, 0.1) is 13.8 Å². The van der Waals surface area contributed by atoms with Gasteiger partial charge in [0.2, 0.25) is 0 Å². The molecule has 0 atom stereocenters. The van der Waals surface area contributed by atoms with Crippen LogP contribution in [-0.4, -0.2) is 106 Å². The van der Waals surface area contributed by atoms with E-state index < -0.39 is 53.2 Å². The second kappa shape index (κ2) is 41.3. The Hall–Kier alpha value is -6.04. The van der Waals surface area contributed by atoms with Crippen molar-refractivity contribution in [3.8, 4) is 0 Å². The van der Waals surface area contributed by atoms with Gasteiger partial charge in [-0.2, -0.15) is 0 Å². The second-order valence-corrected chi connectivity index (χ2v) is 18.0. The summed E-state index contributed by atoms with van der Waals surface area (Å²) < 4.78 is 20.0. The average molecular weight is 1240 g/mol. The Morgan fingerprint density at radius 3 is 1.18 bits per heavy atom. The summed E-state index contributed by atoms with van der Waals surface area (Å²) in [6.45, 7) is 15.5. The number of carboxylic acid groups (broad SMARTS) is 3. The number of ketones is 3. The minimum Gasteiger partial charge on any atom is -1.00 e. The summed E-state index contributed by atoms with van der Waals surface area (Å²) in [4.78, 5) is 109. The Kier molecular flexibility index (Phi) is 41.6. The molecule has 0 saturated carbocycles. The molecule has 414 valence electrons. The van der Waals surface area contributed by atoms with Crippen molar-refractivity contribution >= 4 is 92.3 Å². The van der Waals surface area contributed by atoms with E-state index in [1.807, 2.05) is 31.2 Å². The van der Waals surface area contributed by atoms with Crippen LogP contribution in [0.5, 0.6) is 0 Å². The number of alkyl halides is 1. The van der Waals surface area contributed by atoms with Crippen molar-refractivity contribution < 1.29 is 105 Å². The maximum absolute atomic E-state index is 11.7. The van der Waals surface area contributed by atoms with Crippen LogP contribution in [0.2, 0.25) is 0 Å². The van der Waals surface area contributed by atoms with Gasteiger partial charge < -0.3 is 67.6 Å². The smallest absolute Gasteiger partial charge is 0.408 e. The van der Waals surface area contributed by atoms with E-state index in [2.05, 4.69) is 63.5 Å². The van der Waals surface area contributed by atoms with Crippen LogP contribution in [-0.2, 0) is 71.1 Å². The van der Waals surface area contributed by atoms with Crippen molar-refractivity contribution in [2.75, 3.05) is 19.6 Å². The number of hydrogen-bond donors (Lipinski definition) is 6. The maximum atomic E-state index is 11.7. The van der Waals surface area contributed by atoms with E-state index in [4.69, 9.17) is 39.1 Å². The Morgan fingerprint density at radius 2 is 0.865 bits per heavy atom. The fraction of sp³-hybridized carbons (Fsp3) is 0.451. The summed E-state index contributed by atoms with van der Waals surface area (Å²) in [5.74, 6) is -4.45. The molecule has 0 aliphatic carbocycles. The van der Waals surface area contributed by atoms with Crippen molar-refractivity contribution in [1.29, 1.82) is 0 Å². The average Bonchev–Trinajstić information content (AvgIpc) is 3.29. The number of aliphatic carboxylic acids is 2. The molecule has 3 rings (SSSR count). The first-order valence-corrected chi connectivity index (χ1v) is 23.6. The van der Waals surface area contributed by atoms with Crippen molar-refractivity contribution in [3.05, 3.63) is 106 Å². The van der Waals surface area contributed by atoms with Crippen LogP contribution in [0.15, 0.2) is 72.8 Å². The van der Waals surface area contributed by atoms with Crippen LogP contribution in [0.3, 0.4) is 0 Å². The van der Waals surface area contributed by atoms with Gasteiger partial charge in [-0.25, -0.2) is 14.4 Å². The van der Waals surface area contributed by atoms with E-state index in [0.29, 0.717) is 5.56 Å². The number of halogens is 3. The van der Waals surface area contributed by atoms with Gasteiger partial charge in [-0.1, -0.05) is 87.7 Å². The number of hydrogen-bond acceptors (Lipinski definition) is 14. The number of quaternary nitrogens is 1. The molecular formula is C51H72Br3N3O17. The van der Waals surface area contributed by atoms with Crippen LogP contribution in [0.1, 0.15) is 125 Å². The van der Waals surface area contributed by atoms with E-state index in [-0.39, 0.29) is 128 Å². The molecule has 0 aromatic heterocycles. The molecule has 74 heavy (non-hydrogen) atoms. The van der Waals surface area contributed by atoms with E-state index in [1.165, 1.54) is 23.3 Å². The zero-order valence-corrected chi connectivity index (χ0v) is 48.2. The molecule has 0 aliphatic rings. The summed E-state index contributed by atoms with van der Waals surface area (Å²) in [6, 6.07) is 22.2. The Balaban J connectivity index is -0.000000443. The molecule has 20 nitrogen and oxygen atoms in total. The minimum atomic E-state index is -1.04. The molecule has 0 spiro atoms. The molecule has 0 aliphatic heterocycles. The first kappa shape index (κ1) is 74.5. The standard InChI is InChI=1S/C18H25NO5.C13H15NO5.C10H17NO5.C8H9Br.C2H4O2.2BrH/c1-13-5-7-14(8-6-13)12-23-16(21)10-9-15(20)11-19-17(22)24-18(2,3)4;14-7-11(15)5-6-12(16)19-8-9-1-3-10(4-2-9)13(17)18;1-10(2,3)16-9(15)11-6-7(12)4-5-8(13)14;1-7-2-4-8(6-9)5-3-7;1-2(3)4;;/h5-8H,9-12H2,1-4H3,(H,19,22);1-4H,5-8,14H2,(H,17,18);4-6H2,1-3H3,(H,11,15)(H,13,14);2-5H,6H2,1H3;1H3,(H,3,4);2*1H. The predicted octanol–water partition coefficient (Wildman–Crippen LogP) is 4.44. The number of aromatic carboxylic acids is 1. The highest BCUT2D eigenvalue weighted by atomic mass is 79.9. The minimum absolute atomic E-state index is 0. The largest absolute Gasteiger partial charge is 1.00 e. The zero-order chi connectivity index (χ0) is 55.5.